The SMILES string of the molecule is CC(=O)OC[C@]12CC[C@@H](C(C)(C)O)[C@@H]1[C@H]1CC[C@@H]3[C@@]4(C)CC[C@H](OC(=O)/C=C/c5ccc(OC(C)=O)c(OC(C)=O)c5)C(C)(C)[C@@H]4CC[C@@]3(C)[C@]1(C)CC2. The third kappa shape index (κ3) is 6.83. The quantitative estimate of drug-likeness (QED) is 0.158. The van der Waals surface area contributed by atoms with E-state index < -0.39 is 23.5 Å². The van der Waals surface area contributed by atoms with E-state index >= 15 is 0 Å². The Morgan fingerprint density at radius 2 is 1.46 bits per heavy atom. The van der Waals surface area contributed by atoms with Gasteiger partial charge in [-0.05, 0) is 148 Å². The standard InChI is InChI=1S/C45H64O9/c1-27(46)51-26-45-22-17-31(41(6,7)50)39(45)32-13-15-36-42(8)20-19-37(40(4,5)35(42)18-21-44(36,10)43(32,9)23-24-45)54-38(49)16-12-30-11-14-33(52-28(2)47)34(25-30)53-29(3)48/h11-12,14,16,25,31-32,35-37,39,50H,13,15,17-24,26H2,1-10H3/b16-12+/t31-,32-,35+,36-,37+,39-,42+,43-,44-,45-/m1/s1. The molecule has 10 atom stereocenters. The summed E-state index contributed by atoms with van der Waals surface area (Å²) in [7, 11) is 0. The fourth-order valence-corrected chi connectivity index (χ4v) is 13.7. The van der Waals surface area contributed by atoms with Crippen molar-refractivity contribution in [1.82, 2.24) is 0 Å². The van der Waals surface area contributed by atoms with Crippen molar-refractivity contribution >= 4 is 30.0 Å². The van der Waals surface area contributed by atoms with Gasteiger partial charge in [0.2, 0.25) is 0 Å². The minimum Gasteiger partial charge on any atom is -0.465 e. The van der Waals surface area contributed by atoms with E-state index in [0.29, 0.717) is 35.8 Å². The van der Waals surface area contributed by atoms with Gasteiger partial charge < -0.3 is 24.1 Å². The van der Waals surface area contributed by atoms with Gasteiger partial charge in [0.15, 0.2) is 11.5 Å². The normalized spacial score (nSPS) is 38.3. The Kier molecular flexibility index (Phi) is 10.5. The van der Waals surface area contributed by atoms with Crippen LogP contribution in [0.15, 0.2) is 24.3 Å². The Bertz CT molecular complexity index is 1690. The maximum atomic E-state index is 13.4. The number of esters is 4. The van der Waals surface area contributed by atoms with Crippen molar-refractivity contribution in [2.24, 2.45) is 56.7 Å². The molecule has 0 saturated heterocycles. The molecule has 298 valence electrons. The molecule has 1 aromatic carbocycles. The van der Waals surface area contributed by atoms with Crippen LogP contribution in [0.4, 0.5) is 0 Å². The van der Waals surface area contributed by atoms with E-state index in [2.05, 4.69) is 34.6 Å². The van der Waals surface area contributed by atoms with Crippen molar-refractivity contribution < 1.29 is 43.2 Å². The predicted octanol–water partition coefficient (Wildman–Crippen LogP) is 8.88. The zero-order valence-electron chi connectivity index (χ0n) is 34.3. The summed E-state index contributed by atoms with van der Waals surface area (Å²) < 4.78 is 22.5. The zero-order chi connectivity index (χ0) is 39.6. The highest BCUT2D eigenvalue weighted by molar-refractivity contribution is 5.87. The maximum absolute atomic E-state index is 13.4. The number of carbonyl (C=O) groups excluding carboxylic acids is 4. The molecule has 5 aliphatic rings. The lowest BCUT2D eigenvalue weighted by molar-refractivity contribution is -0.255. The summed E-state index contributed by atoms with van der Waals surface area (Å²) in [5, 5.41) is 11.5. The molecule has 0 aliphatic heterocycles. The first kappa shape index (κ1) is 40.5. The molecule has 54 heavy (non-hydrogen) atoms. The summed E-state index contributed by atoms with van der Waals surface area (Å²) >= 11 is 0. The van der Waals surface area contributed by atoms with Crippen LogP contribution in [-0.2, 0) is 28.7 Å². The van der Waals surface area contributed by atoms with Crippen LogP contribution in [0.5, 0.6) is 11.5 Å². The number of aliphatic hydroxyl groups is 1. The van der Waals surface area contributed by atoms with E-state index in [1.54, 1.807) is 18.2 Å². The first-order valence-electron chi connectivity index (χ1n) is 20.3. The van der Waals surface area contributed by atoms with E-state index in [1.165, 1.54) is 32.9 Å². The molecule has 9 heteroatoms. The van der Waals surface area contributed by atoms with Crippen LogP contribution in [0.3, 0.4) is 0 Å². The molecule has 5 aliphatic carbocycles. The minimum absolute atomic E-state index is 0.0683. The number of hydrogen-bond donors (Lipinski definition) is 1. The molecule has 0 unspecified atom stereocenters. The molecule has 5 saturated carbocycles. The molecule has 6 rings (SSSR count). The molecular formula is C45H64O9. The summed E-state index contributed by atoms with van der Waals surface area (Å²) in [6.45, 7) is 20.8. The van der Waals surface area contributed by atoms with Crippen LogP contribution in [0.1, 0.15) is 139 Å². The van der Waals surface area contributed by atoms with Gasteiger partial charge in [0, 0.05) is 37.7 Å². The number of ether oxygens (including phenoxy) is 4. The molecular weight excluding hydrogens is 684 g/mol. The molecule has 9 nitrogen and oxygen atoms in total. The lowest BCUT2D eigenvalue weighted by Gasteiger charge is -2.73. The van der Waals surface area contributed by atoms with Gasteiger partial charge in [0.1, 0.15) is 6.10 Å². The number of carbonyl (C=O) groups is 4. The van der Waals surface area contributed by atoms with Crippen molar-refractivity contribution in [3.05, 3.63) is 29.8 Å². The third-order valence-electron chi connectivity index (χ3n) is 16.2. The average molecular weight is 749 g/mol. The third-order valence-corrected chi connectivity index (χ3v) is 16.2. The molecule has 0 amide bonds. The Morgan fingerprint density at radius 1 is 0.778 bits per heavy atom. The molecule has 0 bridgehead atoms. The van der Waals surface area contributed by atoms with Gasteiger partial charge in [0.25, 0.3) is 0 Å². The monoisotopic (exact) mass is 748 g/mol. The maximum Gasteiger partial charge on any atom is 0.331 e. The van der Waals surface area contributed by atoms with E-state index in [-0.39, 0.29) is 56.6 Å². The molecule has 0 aromatic heterocycles. The van der Waals surface area contributed by atoms with Crippen molar-refractivity contribution in [1.29, 1.82) is 0 Å². The predicted molar refractivity (Wildman–Crippen MR) is 205 cm³/mol. The van der Waals surface area contributed by atoms with Crippen LogP contribution >= 0.6 is 0 Å². The molecule has 0 spiro atoms. The van der Waals surface area contributed by atoms with Crippen LogP contribution < -0.4 is 9.47 Å². The van der Waals surface area contributed by atoms with Crippen molar-refractivity contribution in [2.75, 3.05) is 6.61 Å². The first-order chi connectivity index (χ1) is 25.1. The number of rotatable bonds is 8. The van der Waals surface area contributed by atoms with E-state index in [4.69, 9.17) is 18.9 Å². The first-order valence-corrected chi connectivity index (χ1v) is 20.3. The van der Waals surface area contributed by atoms with Gasteiger partial charge in [-0.15, -0.1) is 0 Å². The van der Waals surface area contributed by atoms with E-state index in [0.717, 1.165) is 64.2 Å². The highest BCUT2D eigenvalue weighted by atomic mass is 16.6. The highest BCUT2D eigenvalue weighted by Gasteiger charge is 2.71. The van der Waals surface area contributed by atoms with Gasteiger partial charge >= 0.3 is 23.9 Å². The summed E-state index contributed by atoms with van der Waals surface area (Å²) in [6, 6.07) is 4.77. The Balaban J connectivity index is 1.20. The molecule has 5 fully saturated rings. The smallest absolute Gasteiger partial charge is 0.331 e. The summed E-state index contributed by atoms with van der Waals surface area (Å²) in [4.78, 5) is 48.6. The fraction of sp³-hybridized carbons (Fsp3) is 0.733. The van der Waals surface area contributed by atoms with E-state index in [1.807, 2.05) is 13.8 Å². The zero-order valence-corrected chi connectivity index (χ0v) is 34.3. The average Bonchev–Trinajstić information content (AvgIpc) is 3.46. The van der Waals surface area contributed by atoms with Crippen LogP contribution in [0.2, 0.25) is 0 Å². The summed E-state index contributed by atoms with van der Waals surface area (Å²) in [6.07, 6.45) is 13.2. The van der Waals surface area contributed by atoms with Gasteiger partial charge in [-0.1, -0.05) is 40.7 Å². The van der Waals surface area contributed by atoms with Gasteiger partial charge in [-0.3, -0.25) is 14.4 Å². The Morgan fingerprint density at radius 3 is 2.11 bits per heavy atom. The lowest BCUT2D eigenvalue weighted by Crippen LogP contribution is -2.67. The minimum atomic E-state index is -0.792. The summed E-state index contributed by atoms with van der Waals surface area (Å²) in [5.41, 5.74) is -0.166. The second-order valence-corrected chi connectivity index (χ2v) is 19.6. The van der Waals surface area contributed by atoms with E-state index in [9.17, 15) is 24.3 Å². The second-order valence-electron chi connectivity index (χ2n) is 19.6. The second kappa shape index (κ2) is 14.1. The van der Waals surface area contributed by atoms with Crippen LogP contribution in [0, 0.1) is 56.7 Å². The van der Waals surface area contributed by atoms with Gasteiger partial charge in [-0.25, -0.2) is 4.79 Å². The van der Waals surface area contributed by atoms with Gasteiger partial charge in [0.05, 0.1) is 12.2 Å². The number of fused-ring (bicyclic) bond motifs is 7. The Labute approximate surface area is 322 Å². The Hall–Kier alpha value is -3.20. The molecule has 1 aromatic rings. The van der Waals surface area contributed by atoms with Crippen LogP contribution in [0.25, 0.3) is 6.08 Å². The topological polar surface area (TPSA) is 125 Å². The van der Waals surface area contributed by atoms with Crippen molar-refractivity contribution in [2.45, 2.75) is 145 Å². The van der Waals surface area contributed by atoms with Crippen molar-refractivity contribution in [3.63, 3.8) is 0 Å². The fourth-order valence-electron chi connectivity index (χ4n) is 13.7. The highest BCUT2D eigenvalue weighted by Crippen LogP contribution is 2.77. The largest absolute Gasteiger partial charge is 0.465 e. The van der Waals surface area contributed by atoms with Gasteiger partial charge in [-0.2, -0.15) is 0 Å². The summed E-state index contributed by atoms with van der Waals surface area (Å²) in [5.74, 6) is 0.393. The lowest BCUT2D eigenvalue weighted by atomic mass is 9.32. The van der Waals surface area contributed by atoms with Crippen molar-refractivity contribution in [3.8, 4) is 11.5 Å². The number of hydrogen-bond acceptors (Lipinski definition) is 9. The molecule has 1 N–H and O–H groups in total. The molecule has 0 heterocycles. The number of benzene rings is 1. The van der Waals surface area contributed by atoms with Crippen LogP contribution in [-0.4, -0.2) is 47.3 Å². The molecule has 0 radical (unpaired) electrons.